The Morgan fingerprint density at radius 1 is 1.00 bits per heavy atom. The number of pyridine rings is 1. The summed E-state index contributed by atoms with van der Waals surface area (Å²) in [5, 5.41) is 2.52. The van der Waals surface area contributed by atoms with E-state index in [-0.39, 0.29) is 17.3 Å². The predicted molar refractivity (Wildman–Crippen MR) is 135 cm³/mol. The molecule has 0 unspecified atom stereocenters. The van der Waals surface area contributed by atoms with Gasteiger partial charge >= 0.3 is 0 Å². The summed E-state index contributed by atoms with van der Waals surface area (Å²) in [6.45, 7) is 0.901. The summed E-state index contributed by atoms with van der Waals surface area (Å²) in [5.41, 5.74) is 1.22. The van der Waals surface area contributed by atoms with Gasteiger partial charge in [-0.2, -0.15) is 0 Å². The summed E-state index contributed by atoms with van der Waals surface area (Å²) in [6.07, 6.45) is 0. The zero-order valence-corrected chi connectivity index (χ0v) is 21.2. The number of amides is 1. The molecule has 0 aliphatic rings. The number of carbonyl (C=O) groups excluding carboxylic acids is 2. The molecule has 36 heavy (non-hydrogen) atoms. The maximum absolute atomic E-state index is 13.6. The fourth-order valence-electron chi connectivity index (χ4n) is 3.24. The van der Waals surface area contributed by atoms with Crippen molar-refractivity contribution in [1.29, 1.82) is 0 Å². The van der Waals surface area contributed by atoms with E-state index in [4.69, 9.17) is 25.8 Å². The molecule has 0 radical (unpaired) electrons. The van der Waals surface area contributed by atoms with Gasteiger partial charge in [0.25, 0.3) is 5.91 Å². The van der Waals surface area contributed by atoms with Crippen molar-refractivity contribution in [3.05, 3.63) is 70.6 Å². The first kappa shape index (κ1) is 26.9. The minimum atomic E-state index is -0.570. The molecule has 3 rings (SSSR count). The fraction of sp³-hybridized carbons (Fsp3) is 0.269. The van der Waals surface area contributed by atoms with Crippen LogP contribution in [0.5, 0.6) is 17.2 Å². The lowest BCUT2D eigenvalue weighted by Crippen LogP contribution is -2.30. The summed E-state index contributed by atoms with van der Waals surface area (Å²) in [7, 11) is 6.83. The van der Waals surface area contributed by atoms with Gasteiger partial charge in [0.15, 0.2) is 17.3 Å². The largest absolute Gasteiger partial charge is 0.494 e. The van der Waals surface area contributed by atoms with E-state index in [1.54, 1.807) is 24.3 Å². The zero-order valence-electron chi connectivity index (χ0n) is 20.4. The summed E-state index contributed by atoms with van der Waals surface area (Å²) in [5.74, 6) is -0.135. The standard InChI is InChI=1S/C26H27ClFN3O5/c1-31(2)11-12-36-22-9-6-17(14-24(22)35-4)26(33)29-15-21(32)20-8-10-23(34-3)25(30-20)16-5-7-19(28)18(27)13-16/h5-10,13-14H,11-12,15H2,1-4H3,(H,29,33). The Morgan fingerprint density at radius 2 is 1.72 bits per heavy atom. The molecule has 1 amide bonds. The van der Waals surface area contributed by atoms with Crippen LogP contribution in [0.15, 0.2) is 48.5 Å². The minimum Gasteiger partial charge on any atom is -0.494 e. The van der Waals surface area contributed by atoms with Crippen molar-refractivity contribution in [2.75, 3.05) is 48.0 Å². The van der Waals surface area contributed by atoms with Gasteiger partial charge < -0.3 is 24.4 Å². The summed E-state index contributed by atoms with van der Waals surface area (Å²) >= 11 is 5.90. The van der Waals surface area contributed by atoms with Gasteiger partial charge in [-0.25, -0.2) is 9.37 Å². The maximum atomic E-state index is 13.6. The van der Waals surface area contributed by atoms with Gasteiger partial charge in [-0.3, -0.25) is 9.59 Å². The SMILES string of the molecule is COc1cc(C(=O)NCC(=O)c2ccc(OC)c(-c3ccc(F)c(Cl)c3)n2)ccc1OCCN(C)C. The highest BCUT2D eigenvalue weighted by Gasteiger charge is 2.17. The lowest BCUT2D eigenvalue weighted by atomic mass is 10.1. The van der Waals surface area contributed by atoms with Crippen molar-refractivity contribution >= 4 is 23.3 Å². The molecule has 0 aliphatic heterocycles. The van der Waals surface area contributed by atoms with E-state index in [0.717, 1.165) is 6.54 Å². The number of carbonyl (C=O) groups is 2. The van der Waals surface area contributed by atoms with Crippen LogP contribution in [0.1, 0.15) is 20.8 Å². The number of halogens is 2. The van der Waals surface area contributed by atoms with Crippen LogP contribution in [0.3, 0.4) is 0 Å². The summed E-state index contributed by atoms with van der Waals surface area (Å²) < 4.78 is 30.0. The maximum Gasteiger partial charge on any atom is 0.251 e. The van der Waals surface area contributed by atoms with Crippen LogP contribution < -0.4 is 19.5 Å². The Balaban J connectivity index is 1.71. The molecule has 1 aromatic heterocycles. The van der Waals surface area contributed by atoms with Crippen LogP contribution in [0.2, 0.25) is 5.02 Å². The first-order chi connectivity index (χ1) is 17.2. The van der Waals surface area contributed by atoms with E-state index in [1.807, 2.05) is 19.0 Å². The first-order valence-electron chi connectivity index (χ1n) is 11.0. The zero-order chi connectivity index (χ0) is 26.2. The van der Waals surface area contributed by atoms with E-state index < -0.39 is 17.5 Å². The van der Waals surface area contributed by atoms with Crippen molar-refractivity contribution < 1.29 is 28.2 Å². The smallest absolute Gasteiger partial charge is 0.251 e. The predicted octanol–water partition coefficient (Wildman–Crippen LogP) is 4.11. The molecule has 2 aromatic carbocycles. The Morgan fingerprint density at radius 3 is 2.39 bits per heavy atom. The number of ketones is 1. The number of Topliss-reactive ketones (excluding diaryl/α,β-unsaturated/α-hetero) is 1. The van der Waals surface area contributed by atoms with Gasteiger partial charge in [0.1, 0.15) is 29.6 Å². The minimum absolute atomic E-state index is 0.0788. The van der Waals surface area contributed by atoms with Crippen LogP contribution in [0.4, 0.5) is 4.39 Å². The van der Waals surface area contributed by atoms with E-state index >= 15 is 0 Å². The Hall–Kier alpha value is -3.69. The lowest BCUT2D eigenvalue weighted by Gasteiger charge is -2.14. The van der Waals surface area contributed by atoms with Crippen molar-refractivity contribution in [2.45, 2.75) is 0 Å². The van der Waals surface area contributed by atoms with E-state index in [2.05, 4.69) is 10.3 Å². The molecule has 0 fully saturated rings. The molecule has 0 spiro atoms. The van der Waals surface area contributed by atoms with Crippen molar-refractivity contribution in [3.8, 4) is 28.5 Å². The molecule has 3 aromatic rings. The van der Waals surface area contributed by atoms with Crippen LogP contribution >= 0.6 is 11.6 Å². The Bertz CT molecular complexity index is 1250. The highest BCUT2D eigenvalue weighted by Crippen LogP contribution is 2.31. The molecule has 1 heterocycles. The molecule has 8 nitrogen and oxygen atoms in total. The van der Waals surface area contributed by atoms with E-state index in [1.165, 1.54) is 38.5 Å². The molecule has 0 atom stereocenters. The van der Waals surface area contributed by atoms with Gasteiger partial charge in [-0.05, 0) is 62.6 Å². The Labute approximate surface area is 213 Å². The number of nitrogens with one attached hydrogen (secondary N) is 1. The molecule has 0 aliphatic carbocycles. The molecule has 190 valence electrons. The highest BCUT2D eigenvalue weighted by molar-refractivity contribution is 6.31. The van der Waals surface area contributed by atoms with Gasteiger partial charge in [0.2, 0.25) is 0 Å². The summed E-state index contributed by atoms with van der Waals surface area (Å²) in [4.78, 5) is 31.8. The van der Waals surface area contributed by atoms with Crippen LogP contribution in [-0.2, 0) is 0 Å². The van der Waals surface area contributed by atoms with Crippen molar-refractivity contribution in [1.82, 2.24) is 15.2 Å². The van der Waals surface area contributed by atoms with Gasteiger partial charge in [0, 0.05) is 17.7 Å². The van der Waals surface area contributed by atoms with Crippen molar-refractivity contribution in [3.63, 3.8) is 0 Å². The van der Waals surface area contributed by atoms with Gasteiger partial charge in [-0.1, -0.05) is 11.6 Å². The molecule has 0 saturated carbocycles. The third kappa shape index (κ3) is 6.71. The van der Waals surface area contributed by atoms with Crippen LogP contribution in [0, 0.1) is 5.82 Å². The van der Waals surface area contributed by atoms with Crippen molar-refractivity contribution in [2.24, 2.45) is 0 Å². The quantitative estimate of drug-likeness (QED) is 0.384. The molecule has 0 saturated heterocycles. The average Bonchev–Trinajstić information content (AvgIpc) is 2.88. The average molecular weight is 516 g/mol. The van der Waals surface area contributed by atoms with Crippen LogP contribution in [0.25, 0.3) is 11.3 Å². The number of nitrogens with zero attached hydrogens (tertiary/aromatic N) is 2. The van der Waals surface area contributed by atoms with Crippen LogP contribution in [-0.4, -0.2) is 69.6 Å². The Kier molecular flexibility index (Phi) is 9.21. The molecule has 10 heteroatoms. The number of methoxy groups -OCH3 is 2. The molecule has 0 bridgehead atoms. The molecular formula is C26H27ClFN3O5. The number of likely N-dealkylation sites (N-methyl/N-ethyl adjacent to an activating group) is 1. The lowest BCUT2D eigenvalue weighted by molar-refractivity contribution is 0.0902. The second-order valence-corrected chi connectivity index (χ2v) is 8.41. The number of hydrogen-bond acceptors (Lipinski definition) is 7. The van der Waals surface area contributed by atoms with E-state index in [9.17, 15) is 14.0 Å². The number of rotatable bonds is 11. The highest BCUT2D eigenvalue weighted by atomic mass is 35.5. The number of aromatic nitrogens is 1. The third-order valence-corrected chi connectivity index (χ3v) is 5.48. The molecular weight excluding hydrogens is 489 g/mol. The third-order valence-electron chi connectivity index (χ3n) is 5.19. The number of ether oxygens (including phenoxy) is 3. The summed E-state index contributed by atoms with van der Waals surface area (Å²) in [6, 6.07) is 12.0. The topological polar surface area (TPSA) is 90.0 Å². The normalized spacial score (nSPS) is 10.8. The van der Waals surface area contributed by atoms with Gasteiger partial charge in [0.05, 0.1) is 25.8 Å². The molecule has 1 N–H and O–H groups in total. The number of benzene rings is 2. The monoisotopic (exact) mass is 515 g/mol. The van der Waals surface area contributed by atoms with E-state index in [0.29, 0.717) is 40.7 Å². The number of hydrogen-bond donors (Lipinski definition) is 1. The van der Waals surface area contributed by atoms with Gasteiger partial charge in [-0.15, -0.1) is 0 Å². The first-order valence-corrected chi connectivity index (χ1v) is 11.4. The fourth-order valence-corrected chi connectivity index (χ4v) is 3.42. The second-order valence-electron chi connectivity index (χ2n) is 8.00. The second kappa shape index (κ2) is 12.3.